The summed E-state index contributed by atoms with van der Waals surface area (Å²) < 4.78 is 9.40. The first-order valence-electron chi connectivity index (χ1n) is 5.36. The van der Waals surface area contributed by atoms with E-state index < -0.39 is 11.9 Å². The average Bonchev–Trinajstić information content (AvgIpc) is 2.44. The Morgan fingerprint density at radius 3 is 2.32 bits per heavy atom. The lowest BCUT2D eigenvalue weighted by molar-refractivity contribution is -0.209. The second kappa shape index (κ2) is 7.05. The number of carbonyl (C=O) groups is 2. The third kappa shape index (κ3) is 4.34. The summed E-state index contributed by atoms with van der Waals surface area (Å²) in [5, 5.41) is 0. The van der Waals surface area contributed by atoms with Crippen molar-refractivity contribution in [3.8, 4) is 11.5 Å². The largest absolute Gasteiger partial charge is 0.493 e. The van der Waals surface area contributed by atoms with Gasteiger partial charge in [0.2, 0.25) is 5.75 Å². The van der Waals surface area contributed by atoms with Crippen LogP contribution in [0.2, 0.25) is 0 Å². The molecule has 102 valence electrons. The predicted octanol–water partition coefficient (Wildman–Crippen LogP) is 1.65. The van der Waals surface area contributed by atoms with Gasteiger partial charge in [0.05, 0.1) is 14.2 Å². The molecule has 0 aromatic heterocycles. The molecule has 1 aromatic carbocycles. The van der Waals surface area contributed by atoms with Crippen LogP contribution in [0.15, 0.2) is 35.9 Å². The van der Waals surface area contributed by atoms with Crippen LogP contribution in [-0.2, 0) is 19.2 Å². The zero-order valence-corrected chi connectivity index (χ0v) is 10.8. The van der Waals surface area contributed by atoms with Crippen LogP contribution in [0.1, 0.15) is 6.92 Å². The van der Waals surface area contributed by atoms with Crippen molar-refractivity contribution in [2.75, 3.05) is 14.2 Å². The molecule has 19 heavy (non-hydrogen) atoms. The van der Waals surface area contributed by atoms with Gasteiger partial charge >= 0.3 is 11.9 Å². The Balaban J connectivity index is 2.64. The lowest BCUT2D eigenvalue weighted by atomic mass is 10.3. The molecule has 1 rings (SSSR count). The molecule has 0 unspecified atom stereocenters. The first-order valence-corrected chi connectivity index (χ1v) is 5.36. The van der Waals surface area contributed by atoms with Crippen LogP contribution in [0.4, 0.5) is 0 Å². The van der Waals surface area contributed by atoms with Crippen LogP contribution in [-0.4, -0.2) is 26.2 Å². The lowest BCUT2D eigenvalue weighted by Crippen LogP contribution is -2.11. The molecule has 0 amide bonds. The average molecular weight is 266 g/mol. The minimum atomic E-state index is -0.795. The molecule has 0 aliphatic heterocycles. The molecular formula is C13H14O6. The first-order chi connectivity index (χ1) is 9.08. The van der Waals surface area contributed by atoms with Crippen molar-refractivity contribution in [2.24, 2.45) is 0 Å². The van der Waals surface area contributed by atoms with Gasteiger partial charge in [0, 0.05) is 11.6 Å². The van der Waals surface area contributed by atoms with Gasteiger partial charge in [-0.05, 0) is 19.1 Å². The molecule has 0 atom stereocenters. The van der Waals surface area contributed by atoms with Crippen molar-refractivity contribution in [3.05, 3.63) is 35.9 Å². The molecule has 0 fully saturated rings. The van der Waals surface area contributed by atoms with Crippen LogP contribution in [0.25, 0.3) is 0 Å². The third-order valence-electron chi connectivity index (χ3n) is 2.13. The highest BCUT2D eigenvalue weighted by atomic mass is 17.2. The van der Waals surface area contributed by atoms with Crippen LogP contribution >= 0.6 is 0 Å². The number of hydrogen-bond donors (Lipinski definition) is 0. The summed E-state index contributed by atoms with van der Waals surface area (Å²) in [6.45, 7) is 1.41. The third-order valence-corrected chi connectivity index (χ3v) is 2.13. The quantitative estimate of drug-likeness (QED) is 0.349. The smallest absolute Gasteiger partial charge is 0.382 e. The van der Waals surface area contributed by atoms with Gasteiger partial charge < -0.3 is 9.47 Å². The van der Waals surface area contributed by atoms with Gasteiger partial charge in [-0.15, -0.1) is 0 Å². The van der Waals surface area contributed by atoms with E-state index in [1.165, 1.54) is 21.1 Å². The summed E-state index contributed by atoms with van der Waals surface area (Å²) in [5.74, 6) is -0.767. The van der Waals surface area contributed by atoms with Crippen molar-refractivity contribution in [2.45, 2.75) is 6.92 Å². The summed E-state index contributed by atoms with van der Waals surface area (Å²) in [4.78, 5) is 31.9. The van der Waals surface area contributed by atoms with E-state index in [1.54, 1.807) is 24.3 Å². The van der Waals surface area contributed by atoms with Gasteiger partial charge in [-0.1, -0.05) is 12.1 Å². The summed E-state index contributed by atoms with van der Waals surface area (Å²) in [7, 11) is 2.68. The van der Waals surface area contributed by atoms with Crippen molar-refractivity contribution in [1.29, 1.82) is 0 Å². The van der Waals surface area contributed by atoms with Crippen molar-refractivity contribution in [3.63, 3.8) is 0 Å². The van der Waals surface area contributed by atoms with Crippen LogP contribution in [0.3, 0.4) is 0 Å². The maximum absolute atomic E-state index is 11.5. The van der Waals surface area contributed by atoms with E-state index in [1.807, 2.05) is 0 Å². The number of rotatable bonds is 5. The fourth-order valence-electron chi connectivity index (χ4n) is 1.13. The number of para-hydroxylation sites is 2. The topological polar surface area (TPSA) is 71.1 Å². The Morgan fingerprint density at radius 2 is 1.74 bits per heavy atom. The Labute approximate surface area is 110 Å². The highest BCUT2D eigenvalue weighted by Gasteiger charge is 2.12. The number of carbonyl (C=O) groups excluding carboxylic acids is 2. The summed E-state index contributed by atoms with van der Waals surface area (Å²) in [5.41, 5.74) is 0.0572. The molecule has 6 nitrogen and oxygen atoms in total. The molecule has 0 saturated carbocycles. The van der Waals surface area contributed by atoms with E-state index in [4.69, 9.17) is 9.62 Å². The fourth-order valence-corrected chi connectivity index (χ4v) is 1.13. The summed E-state index contributed by atoms with van der Waals surface area (Å²) in [6, 6.07) is 6.67. The second-order valence-corrected chi connectivity index (χ2v) is 3.46. The van der Waals surface area contributed by atoms with Crippen molar-refractivity contribution in [1.82, 2.24) is 0 Å². The number of ether oxygens (including phenoxy) is 2. The zero-order valence-electron chi connectivity index (χ0n) is 10.8. The molecule has 0 heterocycles. The maximum Gasteiger partial charge on any atom is 0.382 e. The zero-order chi connectivity index (χ0) is 14.3. The standard InChI is InChI=1S/C13H14O6/c1-9(8-12(14)17-3)13(15)19-18-11-7-5-4-6-10(11)16-2/h4-8H,1-3H3/b9-8-. The van der Waals surface area contributed by atoms with Crippen LogP contribution in [0.5, 0.6) is 11.5 Å². The van der Waals surface area contributed by atoms with E-state index >= 15 is 0 Å². The van der Waals surface area contributed by atoms with E-state index in [9.17, 15) is 9.59 Å². The number of esters is 1. The van der Waals surface area contributed by atoms with Gasteiger partial charge in [0.1, 0.15) is 0 Å². The Morgan fingerprint density at radius 1 is 1.11 bits per heavy atom. The SMILES string of the molecule is COC(=O)/C=C(/C)C(=O)OOc1ccccc1OC. The molecule has 0 N–H and O–H groups in total. The second-order valence-electron chi connectivity index (χ2n) is 3.46. The van der Waals surface area contributed by atoms with Crippen LogP contribution < -0.4 is 9.62 Å². The molecule has 1 aromatic rings. The molecule has 6 heteroatoms. The minimum Gasteiger partial charge on any atom is -0.493 e. The van der Waals surface area contributed by atoms with E-state index in [2.05, 4.69) is 9.62 Å². The van der Waals surface area contributed by atoms with Crippen molar-refractivity contribution >= 4 is 11.9 Å². The van der Waals surface area contributed by atoms with Gasteiger partial charge in [0.15, 0.2) is 5.75 Å². The van der Waals surface area contributed by atoms with E-state index in [-0.39, 0.29) is 11.3 Å². The molecule has 0 bridgehead atoms. The molecule has 0 radical (unpaired) electrons. The molecule has 0 aliphatic rings. The first kappa shape index (κ1) is 14.6. The lowest BCUT2D eigenvalue weighted by Gasteiger charge is -2.08. The maximum atomic E-state index is 11.5. The van der Waals surface area contributed by atoms with E-state index in [0.717, 1.165) is 6.08 Å². The minimum absolute atomic E-state index is 0.0572. The number of methoxy groups -OCH3 is 2. The summed E-state index contributed by atoms with van der Waals surface area (Å²) in [6.07, 6.45) is 1.01. The van der Waals surface area contributed by atoms with Gasteiger partial charge in [0.25, 0.3) is 0 Å². The molecule has 0 aliphatic carbocycles. The molecule has 0 saturated heterocycles. The normalized spacial score (nSPS) is 10.6. The van der Waals surface area contributed by atoms with Crippen molar-refractivity contribution < 1.29 is 28.8 Å². The highest BCUT2D eigenvalue weighted by molar-refractivity contribution is 5.95. The number of hydrogen-bond acceptors (Lipinski definition) is 6. The van der Waals surface area contributed by atoms with Gasteiger partial charge in [-0.3, -0.25) is 4.89 Å². The molecular weight excluding hydrogens is 252 g/mol. The van der Waals surface area contributed by atoms with E-state index in [0.29, 0.717) is 5.75 Å². The fraction of sp³-hybridized carbons (Fsp3) is 0.231. The Hall–Kier alpha value is -2.50. The highest BCUT2D eigenvalue weighted by Crippen LogP contribution is 2.26. The summed E-state index contributed by atoms with van der Waals surface area (Å²) >= 11 is 0. The Bertz CT molecular complexity index is 492. The van der Waals surface area contributed by atoms with Gasteiger partial charge in [-0.25, -0.2) is 14.5 Å². The predicted molar refractivity (Wildman–Crippen MR) is 65.5 cm³/mol. The number of benzene rings is 1. The van der Waals surface area contributed by atoms with Crippen LogP contribution in [0, 0.1) is 0 Å². The monoisotopic (exact) mass is 266 g/mol. The molecule has 0 spiro atoms. The van der Waals surface area contributed by atoms with Gasteiger partial charge in [-0.2, -0.15) is 0 Å². The Kier molecular flexibility index (Phi) is 5.40.